The molecule has 1 atom stereocenters. The predicted molar refractivity (Wildman–Crippen MR) is 91.4 cm³/mol. The minimum Gasteiger partial charge on any atom is -0.374 e. The lowest BCUT2D eigenvalue weighted by atomic mass is 10.1. The number of nitrogens with zero attached hydrogens (tertiary/aromatic N) is 2. The van der Waals surface area contributed by atoms with Crippen LogP contribution >= 0.6 is 0 Å². The molecule has 1 unspecified atom stereocenters. The maximum absolute atomic E-state index is 12.3. The van der Waals surface area contributed by atoms with Gasteiger partial charge in [0.15, 0.2) is 0 Å². The number of hydrogen-bond acceptors (Lipinski definition) is 3. The van der Waals surface area contributed by atoms with Gasteiger partial charge < -0.3 is 15.1 Å². The standard InChI is InChI=1S/C18H27N3O/c1-15(18(22)21-13-5-6-14-21)19-16-7-9-17(10-8-16)20-11-3-2-4-12-20/h7-10,15,19H,2-6,11-14H2,1H3. The summed E-state index contributed by atoms with van der Waals surface area (Å²) >= 11 is 0. The van der Waals surface area contributed by atoms with Crippen LogP contribution in [0.1, 0.15) is 39.0 Å². The van der Waals surface area contributed by atoms with Crippen molar-refractivity contribution in [3.8, 4) is 0 Å². The summed E-state index contributed by atoms with van der Waals surface area (Å²) in [5.74, 6) is 0.220. The highest BCUT2D eigenvalue weighted by Crippen LogP contribution is 2.22. The Kier molecular flexibility index (Phi) is 4.86. The molecule has 2 fully saturated rings. The SMILES string of the molecule is CC(Nc1ccc(N2CCCCC2)cc1)C(=O)N1CCCC1. The second-order valence-corrected chi connectivity index (χ2v) is 6.49. The fourth-order valence-electron chi connectivity index (χ4n) is 3.44. The minimum atomic E-state index is -0.154. The normalized spacial score (nSPS) is 20.0. The van der Waals surface area contributed by atoms with Crippen molar-refractivity contribution < 1.29 is 4.79 Å². The Labute approximate surface area is 133 Å². The van der Waals surface area contributed by atoms with Gasteiger partial charge in [-0.15, -0.1) is 0 Å². The number of hydrogen-bond donors (Lipinski definition) is 1. The quantitative estimate of drug-likeness (QED) is 0.928. The van der Waals surface area contributed by atoms with Gasteiger partial charge in [-0.25, -0.2) is 0 Å². The summed E-state index contributed by atoms with van der Waals surface area (Å²) in [7, 11) is 0. The zero-order valence-corrected chi connectivity index (χ0v) is 13.6. The summed E-state index contributed by atoms with van der Waals surface area (Å²) < 4.78 is 0. The van der Waals surface area contributed by atoms with E-state index in [0.29, 0.717) is 0 Å². The van der Waals surface area contributed by atoms with Crippen molar-refractivity contribution >= 4 is 17.3 Å². The van der Waals surface area contributed by atoms with Crippen LogP contribution in [-0.2, 0) is 4.79 Å². The van der Waals surface area contributed by atoms with E-state index in [9.17, 15) is 4.79 Å². The molecule has 4 heteroatoms. The summed E-state index contributed by atoms with van der Waals surface area (Å²) in [6.07, 6.45) is 6.22. The molecular weight excluding hydrogens is 274 g/mol. The van der Waals surface area contributed by atoms with Crippen molar-refractivity contribution in [3.05, 3.63) is 24.3 Å². The number of carbonyl (C=O) groups excluding carboxylic acids is 1. The third-order valence-electron chi connectivity index (χ3n) is 4.76. The van der Waals surface area contributed by atoms with E-state index in [1.165, 1.54) is 24.9 Å². The maximum Gasteiger partial charge on any atom is 0.244 e. The van der Waals surface area contributed by atoms with Crippen molar-refractivity contribution in [2.75, 3.05) is 36.4 Å². The van der Waals surface area contributed by atoms with Gasteiger partial charge in [0, 0.05) is 37.6 Å². The molecule has 1 aromatic carbocycles. The van der Waals surface area contributed by atoms with Gasteiger partial charge in [0.1, 0.15) is 6.04 Å². The summed E-state index contributed by atoms with van der Waals surface area (Å²) in [5, 5.41) is 3.34. The molecule has 1 aromatic rings. The van der Waals surface area contributed by atoms with Gasteiger partial charge in [-0.1, -0.05) is 0 Å². The third-order valence-corrected chi connectivity index (χ3v) is 4.76. The molecule has 1 amide bonds. The molecule has 0 aromatic heterocycles. The summed E-state index contributed by atoms with van der Waals surface area (Å²) in [4.78, 5) is 16.7. The van der Waals surface area contributed by atoms with Crippen molar-refractivity contribution in [3.63, 3.8) is 0 Å². The van der Waals surface area contributed by atoms with Gasteiger partial charge in [0.25, 0.3) is 0 Å². The Balaban J connectivity index is 1.56. The van der Waals surface area contributed by atoms with E-state index in [4.69, 9.17) is 0 Å². The number of amides is 1. The molecule has 1 N–H and O–H groups in total. The van der Waals surface area contributed by atoms with Gasteiger partial charge >= 0.3 is 0 Å². The molecule has 0 aliphatic carbocycles. The average Bonchev–Trinajstić information content (AvgIpc) is 3.10. The van der Waals surface area contributed by atoms with Crippen molar-refractivity contribution in [2.45, 2.75) is 45.1 Å². The largest absolute Gasteiger partial charge is 0.374 e. The molecule has 22 heavy (non-hydrogen) atoms. The molecule has 0 spiro atoms. The third kappa shape index (κ3) is 3.54. The van der Waals surface area contributed by atoms with E-state index in [1.54, 1.807) is 0 Å². The Morgan fingerprint density at radius 3 is 2.18 bits per heavy atom. The number of piperidine rings is 1. The van der Waals surface area contributed by atoms with Crippen molar-refractivity contribution in [1.29, 1.82) is 0 Å². The van der Waals surface area contributed by atoms with Crippen LogP contribution in [0.25, 0.3) is 0 Å². The first-order valence-corrected chi connectivity index (χ1v) is 8.64. The molecule has 120 valence electrons. The van der Waals surface area contributed by atoms with Crippen LogP contribution in [0.2, 0.25) is 0 Å². The van der Waals surface area contributed by atoms with E-state index in [1.807, 2.05) is 11.8 Å². The summed E-state index contributed by atoms with van der Waals surface area (Å²) in [6, 6.07) is 8.37. The van der Waals surface area contributed by atoms with Gasteiger partial charge in [0.2, 0.25) is 5.91 Å². The Morgan fingerprint density at radius 2 is 1.55 bits per heavy atom. The first kappa shape index (κ1) is 15.2. The number of rotatable bonds is 4. The van der Waals surface area contributed by atoms with Crippen LogP contribution < -0.4 is 10.2 Å². The zero-order chi connectivity index (χ0) is 15.4. The topological polar surface area (TPSA) is 35.6 Å². The van der Waals surface area contributed by atoms with E-state index in [0.717, 1.165) is 44.7 Å². The summed E-state index contributed by atoms with van der Waals surface area (Å²) in [6.45, 7) is 6.12. The smallest absolute Gasteiger partial charge is 0.244 e. The number of benzene rings is 1. The monoisotopic (exact) mass is 301 g/mol. The zero-order valence-electron chi connectivity index (χ0n) is 13.6. The molecular formula is C18H27N3O. The van der Waals surface area contributed by atoms with Gasteiger partial charge in [-0.05, 0) is 63.3 Å². The Morgan fingerprint density at radius 1 is 0.955 bits per heavy atom. The fourth-order valence-corrected chi connectivity index (χ4v) is 3.44. The number of nitrogens with one attached hydrogen (secondary N) is 1. The van der Waals surface area contributed by atoms with Crippen LogP contribution in [0.4, 0.5) is 11.4 Å². The van der Waals surface area contributed by atoms with Crippen LogP contribution in [-0.4, -0.2) is 43.0 Å². The van der Waals surface area contributed by atoms with Crippen molar-refractivity contribution in [1.82, 2.24) is 4.90 Å². The van der Waals surface area contributed by atoms with Crippen molar-refractivity contribution in [2.24, 2.45) is 0 Å². The Bertz CT molecular complexity index is 488. The molecule has 2 aliphatic heterocycles. The average molecular weight is 301 g/mol. The predicted octanol–water partition coefficient (Wildman–Crippen LogP) is 3.10. The maximum atomic E-state index is 12.3. The second kappa shape index (κ2) is 7.03. The molecule has 2 aliphatic rings. The van der Waals surface area contributed by atoms with Crippen LogP contribution in [0.5, 0.6) is 0 Å². The molecule has 0 radical (unpaired) electrons. The highest BCUT2D eigenvalue weighted by molar-refractivity contribution is 5.84. The van der Waals surface area contributed by atoms with E-state index in [2.05, 4.69) is 34.5 Å². The van der Waals surface area contributed by atoms with E-state index < -0.39 is 0 Å². The number of anilines is 2. The van der Waals surface area contributed by atoms with E-state index in [-0.39, 0.29) is 11.9 Å². The molecule has 2 heterocycles. The minimum absolute atomic E-state index is 0.154. The lowest BCUT2D eigenvalue weighted by Gasteiger charge is -2.29. The van der Waals surface area contributed by atoms with Gasteiger partial charge in [-0.2, -0.15) is 0 Å². The van der Waals surface area contributed by atoms with E-state index >= 15 is 0 Å². The number of likely N-dealkylation sites (tertiary alicyclic amines) is 1. The second-order valence-electron chi connectivity index (χ2n) is 6.49. The molecule has 3 rings (SSSR count). The first-order valence-electron chi connectivity index (χ1n) is 8.64. The molecule has 0 saturated carbocycles. The highest BCUT2D eigenvalue weighted by atomic mass is 16.2. The first-order chi connectivity index (χ1) is 10.7. The van der Waals surface area contributed by atoms with Crippen LogP contribution in [0, 0.1) is 0 Å². The summed E-state index contributed by atoms with van der Waals surface area (Å²) in [5.41, 5.74) is 2.32. The highest BCUT2D eigenvalue weighted by Gasteiger charge is 2.23. The lowest BCUT2D eigenvalue weighted by molar-refractivity contribution is -0.130. The number of carbonyl (C=O) groups is 1. The van der Waals surface area contributed by atoms with Gasteiger partial charge in [-0.3, -0.25) is 4.79 Å². The molecule has 0 bridgehead atoms. The Hall–Kier alpha value is -1.71. The molecule has 2 saturated heterocycles. The van der Waals surface area contributed by atoms with Gasteiger partial charge in [0.05, 0.1) is 0 Å². The fraction of sp³-hybridized carbons (Fsp3) is 0.611. The van der Waals surface area contributed by atoms with Crippen LogP contribution in [0.3, 0.4) is 0 Å². The molecule has 4 nitrogen and oxygen atoms in total. The van der Waals surface area contributed by atoms with Crippen LogP contribution in [0.15, 0.2) is 24.3 Å². The lowest BCUT2D eigenvalue weighted by Crippen LogP contribution is -2.39.